The first-order valence-electron chi connectivity index (χ1n) is 4.11. The van der Waals surface area contributed by atoms with E-state index in [1.165, 1.54) is 6.92 Å². The number of rotatable bonds is 3. The molecule has 0 aliphatic heterocycles. The third kappa shape index (κ3) is 2.50. The van der Waals surface area contributed by atoms with Crippen LogP contribution in [0.1, 0.15) is 12.5 Å². The van der Waals surface area contributed by atoms with E-state index in [0.717, 1.165) is 18.2 Å². The van der Waals surface area contributed by atoms with E-state index in [1.54, 1.807) is 0 Å². The monoisotopic (exact) mass is 199 g/mol. The van der Waals surface area contributed by atoms with E-state index in [1.807, 2.05) is 0 Å². The van der Waals surface area contributed by atoms with Crippen molar-refractivity contribution in [3.05, 3.63) is 39.7 Å². The third-order valence-electron chi connectivity index (χ3n) is 1.75. The molecule has 14 heavy (non-hydrogen) atoms. The van der Waals surface area contributed by atoms with Crippen LogP contribution in [-0.2, 0) is 6.42 Å². The van der Waals surface area contributed by atoms with Crippen molar-refractivity contribution in [1.82, 2.24) is 0 Å². The summed E-state index contributed by atoms with van der Waals surface area (Å²) >= 11 is 0. The second-order valence-corrected chi connectivity index (χ2v) is 3.08. The SMILES string of the molecule is C[C@@H](O)Cc1cc(F)ccc1[N+](=O)[O-]. The third-order valence-corrected chi connectivity index (χ3v) is 1.75. The number of aliphatic hydroxyl groups excluding tert-OH is 1. The summed E-state index contributed by atoms with van der Waals surface area (Å²) in [6.07, 6.45) is -0.649. The van der Waals surface area contributed by atoms with Crippen molar-refractivity contribution in [2.45, 2.75) is 19.4 Å². The average molecular weight is 199 g/mol. The van der Waals surface area contributed by atoms with Crippen molar-refractivity contribution in [2.75, 3.05) is 0 Å². The maximum atomic E-state index is 12.8. The molecule has 0 amide bonds. The van der Waals surface area contributed by atoms with E-state index in [-0.39, 0.29) is 17.7 Å². The normalized spacial score (nSPS) is 12.5. The van der Waals surface area contributed by atoms with Crippen molar-refractivity contribution < 1.29 is 14.4 Å². The average Bonchev–Trinajstić information content (AvgIpc) is 2.01. The van der Waals surface area contributed by atoms with Gasteiger partial charge in [0.25, 0.3) is 5.69 Å². The van der Waals surface area contributed by atoms with E-state index < -0.39 is 16.8 Å². The number of nitro benzene ring substituents is 1. The van der Waals surface area contributed by atoms with Crippen LogP contribution in [0.4, 0.5) is 10.1 Å². The van der Waals surface area contributed by atoms with Crippen molar-refractivity contribution in [3.8, 4) is 0 Å². The first-order chi connectivity index (χ1) is 6.50. The molecule has 0 spiro atoms. The molecule has 0 aromatic heterocycles. The van der Waals surface area contributed by atoms with Crippen LogP contribution in [0.15, 0.2) is 18.2 Å². The predicted molar refractivity (Wildman–Crippen MR) is 48.4 cm³/mol. The van der Waals surface area contributed by atoms with E-state index >= 15 is 0 Å². The molecular weight excluding hydrogens is 189 g/mol. The van der Waals surface area contributed by atoms with E-state index in [9.17, 15) is 14.5 Å². The summed E-state index contributed by atoms with van der Waals surface area (Å²) in [5.41, 5.74) is 0.0531. The lowest BCUT2D eigenvalue weighted by molar-refractivity contribution is -0.385. The highest BCUT2D eigenvalue weighted by Gasteiger charge is 2.15. The maximum Gasteiger partial charge on any atom is 0.272 e. The molecule has 1 atom stereocenters. The van der Waals surface area contributed by atoms with Gasteiger partial charge in [-0.2, -0.15) is 0 Å². The Bertz CT molecular complexity index is 352. The van der Waals surface area contributed by atoms with Gasteiger partial charge in [-0.3, -0.25) is 10.1 Å². The van der Waals surface area contributed by atoms with Crippen LogP contribution < -0.4 is 0 Å². The van der Waals surface area contributed by atoms with Crippen LogP contribution >= 0.6 is 0 Å². The Morgan fingerprint density at radius 1 is 1.64 bits per heavy atom. The largest absolute Gasteiger partial charge is 0.393 e. The minimum atomic E-state index is -0.726. The topological polar surface area (TPSA) is 63.4 Å². The van der Waals surface area contributed by atoms with Gasteiger partial charge in [-0.15, -0.1) is 0 Å². The Hall–Kier alpha value is -1.49. The first kappa shape index (κ1) is 10.6. The first-order valence-corrected chi connectivity index (χ1v) is 4.11. The zero-order chi connectivity index (χ0) is 10.7. The Kier molecular flexibility index (Phi) is 3.14. The van der Waals surface area contributed by atoms with Crippen LogP contribution in [0.3, 0.4) is 0 Å². The Morgan fingerprint density at radius 2 is 2.29 bits per heavy atom. The van der Waals surface area contributed by atoms with E-state index in [4.69, 9.17) is 5.11 Å². The van der Waals surface area contributed by atoms with Gasteiger partial charge in [-0.25, -0.2) is 4.39 Å². The molecule has 76 valence electrons. The van der Waals surface area contributed by atoms with Crippen molar-refractivity contribution >= 4 is 5.69 Å². The molecule has 0 unspecified atom stereocenters. The molecule has 1 aromatic carbocycles. The highest BCUT2D eigenvalue weighted by Crippen LogP contribution is 2.20. The van der Waals surface area contributed by atoms with Crippen LogP contribution in [-0.4, -0.2) is 16.1 Å². The smallest absolute Gasteiger partial charge is 0.272 e. The summed E-state index contributed by atoms with van der Waals surface area (Å²) in [4.78, 5) is 9.93. The Labute approximate surface area is 80.1 Å². The van der Waals surface area contributed by atoms with Crippen LogP contribution in [0.2, 0.25) is 0 Å². The van der Waals surface area contributed by atoms with Crippen LogP contribution in [0.25, 0.3) is 0 Å². The second kappa shape index (κ2) is 4.15. The quantitative estimate of drug-likeness (QED) is 0.594. The Morgan fingerprint density at radius 3 is 2.79 bits per heavy atom. The van der Waals surface area contributed by atoms with Gasteiger partial charge in [0, 0.05) is 18.1 Å². The van der Waals surface area contributed by atoms with Gasteiger partial charge in [-0.05, 0) is 19.1 Å². The van der Waals surface area contributed by atoms with Gasteiger partial charge < -0.3 is 5.11 Å². The lowest BCUT2D eigenvalue weighted by atomic mass is 10.1. The molecule has 5 heteroatoms. The fourth-order valence-electron chi connectivity index (χ4n) is 1.21. The summed E-state index contributed by atoms with van der Waals surface area (Å²) in [6.45, 7) is 1.49. The molecule has 4 nitrogen and oxygen atoms in total. The molecule has 0 fully saturated rings. The fourth-order valence-corrected chi connectivity index (χ4v) is 1.21. The zero-order valence-corrected chi connectivity index (χ0v) is 7.61. The predicted octanol–water partition coefficient (Wildman–Crippen LogP) is 1.66. The summed E-state index contributed by atoms with van der Waals surface area (Å²) in [7, 11) is 0. The van der Waals surface area contributed by atoms with Gasteiger partial charge in [0.15, 0.2) is 0 Å². The minimum Gasteiger partial charge on any atom is -0.393 e. The Balaban J connectivity index is 3.09. The highest BCUT2D eigenvalue weighted by atomic mass is 19.1. The second-order valence-electron chi connectivity index (χ2n) is 3.08. The zero-order valence-electron chi connectivity index (χ0n) is 7.61. The summed E-state index contributed by atoms with van der Waals surface area (Å²) < 4.78 is 12.8. The molecule has 0 saturated carbocycles. The number of aliphatic hydroxyl groups is 1. The number of benzene rings is 1. The maximum absolute atomic E-state index is 12.8. The van der Waals surface area contributed by atoms with Gasteiger partial charge >= 0.3 is 0 Å². The summed E-state index contributed by atoms with van der Waals surface area (Å²) in [5.74, 6) is -0.536. The molecule has 0 radical (unpaired) electrons. The lowest BCUT2D eigenvalue weighted by Crippen LogP contribution is -2.07. The standard InChI is InChI=1S/C9H10FNO3/c1-6(12)4-7-5-8(10)2-3-9(7)11(13)14/h2-3,5-6,12H,4H2,1H3/t6-/m1/s1. The van der Waals surface area contributed by atoms with Gasteiger partial charge in [0.05, 0.1) is 11.0 Å². The number of nitrogens with zero attached hydrogens (tertiary/aromatic N) is 1. The van der Waals surface area contributed by atoms with Crippen LogP contribution in [0, 0.1) is 15.9 Å². The molecule has 0 aliphatic rings. The molecule has 1 N–H and O–H groups in total. The van der Waals surface area contributed by atoms with Crippen molar-refractivity contribution in [2.24, 2.45) is 0 Å². The number of nitro groups is 1. The highest BCUT2D eigenvalue weighted by molar-refractivity contribution is 5.40. The van der Waals surface area contributed by atoms with Crippen molar-refractivity contribution in [1.29, 1.82) is 0 Å². The molecular formula is C9H10FNO3. The summed E-state index contributed by atoms with van der Waals surface area (Å²) in [5, 5.41) is 19.6. The fraction of sp³-hybridized carbons (Fsp3) is 0.333. The molecule has 0 bridgehead atoms. The summed E-state index contributed by atoms with van der Waals surface area (Å²) in [6, 6.07) is 3.21. The number of halogens is 1. The van der Waals surface area contributed by atoms with Crippen LogP contribution in [0.5, 0.6) is 0 Å². The van der Waals surface area contributed by atoms with Crippen molar-refractivity contribution in [3.63, 3.8) is 0 Å². The molecule has 0 aliphatic carbocycles. The number of hydrogen-bond acceptors (Lipinski definition) is 3. The van der Waals surface area contributed by atoms with E-state index in [0.29, 0.717) is 0 Å². The van der Waals surface area contributed by atoms with E-state index in [2.05, 4.69) is 0 Å². The molecule has 0 saturated heterocycles. The molecule has 1 aromatic rings. The molecule has 0 heterocycles. The number of hydrogen-bond donors (Lipinski definition) is 1. The van der Waals surface area contributed by atoms with Gasteiger partial charge in [0.2, 0.25) is 0 Å². The minimum absolute atomic E-state index is 0.0775. The van der Waals surface area contributed by atoms with Gasteiger partial charge in [-0.1, -0.05) is 0 Å². The van der Waals surface area contributed by atoms with Gasteiger partial charge in [0.1, 0.15) is 5.82 Å². The molecule has 1 rings (SSSR count). The lowest BCUT2D eigenvalue weighted by Gasteiger charge is -2.04.